The Kier molecular flexibility index (Phi) is 6.70. The van der Waals surface area contributed by atoms with Gasteiger partial charge in [0.15, 0.2) is 0 Å². The fourth-order valence-corrected chi connectivity index (χ4v) is 2.91. The second kappa shape index (κ2) is 9.60. The predicted octanol–water partition coefficient (Wildman–Crippen LogP) is 4.25. The molecule has 0 aromatic heterocycles. The summed E-state index contributed by atoms with van der Waals surface area (Å²) in [7, 11) is 1.77. The van der Waals surface area contributed by atoms with E-state index in [4.69, 9.17) is 15.2 Å². The summed E-state index contributed by atoms with van der Waals surface area (Å²) in [5.41, 5.74) is 7.24. The summed E-state index contributed by atoms with van der Waals surface area (Å²) in [5.74, 6) is 1.41. The first-order chi connectivity index (χ1) is 14.5. The van der Waals surface area contributed by atoms with Crippen molar-refractivity contribution >= 4 is 11.8 Å². The van der Waals surface area contributed by atoms with Crippen LogP contribution < -0.4 is 15.2 Å². The van der Waals surface area contributed by atoms with E-state index >= 15 is 0 Å². The molecule has 0 radical (unpaired) electrons. The van der Waals surface area contributed by atoms with Gasteiger partial charge >= 0.3 is 0 Å². The van der Waals surface area contributed by atoms with Crippen LogP contribution in [0.15, 0.2) is 72.8 Å². The van der Waals surface area contributed by atoms with Gasteiger partial charge in [0, 0.05) is 24.7 Å². The van der Waals surface area contributed by atoms with Gasteiger partial charge in [0.05, 0.1) is 6.61 Å². The first kappa shape index (κ1) is 20.9. The number of ether oxygens (including phenoxy) is 2. The highest BCUT2D eigenvalue weighted by molar-refractivity contribution is 5.94. The van der Waals surface area contributed by atoms with Gasteiger partial charge in [0.2, 0.25) is 5.91 Å². The van der Waals surface area contributed by atoms with Crippen LogP contribution in [0.4, 0.5) is 0 Å². The fraction of sp³-hybridized carbons (Fsp3) is 0.167. The number of hydrogen-bond donors (Lipinski definition) is 1. The second-order valence-corrected chi connectivity index (χ2v) is 6.75. The van der Waals surface area contributed by atoms with Gasteiger partial charge in [-0.2, -0.15) is 0 Å². The Labute approximate surface area is 175 Å². The third-order valence-corrected chi connectivity index (χ3v) is 4.48. The van der Waals surface area contributed by atoms with E-state index in [2.05, 4.69) is 0 Å². The average Bonchev–Trinajstić information content (AvgIpc) is 2.75. The van der Waals surface area contributed by atoms with Crippen molar-refractivity contribution in [2.24, 2.45) is 5.73 Å². The zero-order valence-corrected chi connectivity index (χ0v) is 17.0. The molecule has 3 aromatic carbocycles. The van der Waals surface area contributed by atoms with Crippen LogP contribution in [-0.4, -0.2) is 30.4 Å². The van der Waals surface area contributed by atoms with Gasteiger partial charge in [-0.15, -0.1) is 0 Å². The molecule has 0 saturated heterocycles. The van der Waals surface area contributed by atoms with E-state index in [1.54, 1.807) is 60.5 Å². The molecule has 0 heterocycles. The quantitative estimate of drug-likeness (QED) is 0.609. The Bertz CT molecular complexity index is 997. The standard InChI is InChI=1S/C24H24N2O4/c1-3-29-20-10-4-17(5-11-20)16-26(2)24(28)19-8-14-22(15-9-19)30-21-12-6-18(7-13-21)23(25)27/h4-15H,3,16H2,1-2H3,(H2,25,27). The molecule has 0 aliphatic rings. The minimum atomic E-state index is -0.487. The highest BCUT2D eigenvalue weighted by atomic mass is 16.5. The van der Waals surface area contributed by atoms with Gasteiger partial charge in [-0.25, -0.2) is 0 Å². The lowest BCUT2D eigenvalue weighted by molar-refractivity contribution is 0.0785. The number of nitrogens with two attached hydrogens (primary N) is 1. The van der Waals surface area contributed by atoms with Gasteiger partial charge in [0.25, 0.3) is 5.91 Å². The van der Waals surface area contributed by atoms with Gasteiger partial charge in [0.1, 0.15) is 17.2 Å². The maximum Gasteiger partial charge on any atom is 0.253 e. The highest BCUT2D eigenvalue weighted by Crippen LogP contribution is 2.23. The Morgan fingerprint density at radius 2 is 1.30 bits per heavy atom. The number of amides is 2. The molecule has 0 spiro atoms. The number of rotatable bonds is 8. The summed E-state index contributed by atoms with van der Waals surface area (Å²) in [6.45, 7) is 3.06. The van der Waals surface area contributed by atoms with Gasteiger partial charge in [-0.3, -0.25) is 9.59 Å². The minimum Gasteiger partial charge on any atom is -0.494 e. The van der Waals surface area contributed by atoms with E-state index in [9.17, 15) is 9.59 Å². The molecule has 6 nitrogen and oxygen atoms in total. The molecule has 3 rings (SSSR count). The molecule has 154 valence electrons. The third kappa shape index (κ3) is 5.38. The molecular weight excluding hydrogens is 380 g/mol. The predicted molar refractivity (Wildman–Crippen MR) is 115 cm³/mol. The van der Waals surface area contributed by atoms with Crippen LogP contribution in [0.25, 0.3) is 0 Å². The molecule has 2 amide bonds. The van der Waals surface area contributed by atoms with Crippen molar-refractivity contribution in [3.63, 3.8) is 0 Å². The molecule has 6 heteroatoms. The molecular formula is C24H24N2O4. The smallest absolute Gasteiger partial charge is 0.253 e. The Hall–Kier alpha value is -3.80. The van der Waals surface area contributed by atoms with E-state index in [-0.39, 0.29) is 5.91 Å². The summed E-state index contributed by atoms with van der Waals surface area (Å²) in [4.78, 5) is 25.5. The van der Waals surface area contributed by atoms with Crippen LogP contribution in [0, 0.1) is 0 Å². The lowest BCUT2D eigenvalue weighted by atomic mass is 10.1. The van der Waals surface area contributed by atoms with E-state index in [1.165, 1.54) is 0 Å². The maximum absolute atomic E-state index is 12.7. The fourth-order valence-electron chi connectivity index (χ4n) is 2.91. The lowest BCUT2D eigenvalue weighted by Crippen LogP contribution is -2.26. The SMILES string of the molecule is CCOc1ccc(CN(C)C(=O)c2ccc(Oc3ccc(C(N)=O)cc3)cc2)cc1. The summed E-state index contributed by atoms with van der Waals surface area (Å²) in [5, 5.41) is 0. The number of primary amides is 1. The van der Waals surface area contributed by atoms with E-state index in [0.29, 0.717) is 35.8 Å². The van der Waals surface area contributed by atoms with Crippen LogP contribution in [0.2, 0.25) is 0 Å². The van der Waals surface area contributed by atoms with E-state index in [1.807, 2.05) is 31.2 Å². The number of nitrogens with zero attached hydrogens (tertiary/aromatic N) is 1. The van der Waals surface area contributed by atoms with Crippen molar-refractivity contribution in [2.75, 3.05) is 13.7 Å². The molecule has 30 heavy (non-hydrogen) atoms. The first-order valence-electron chi connectivity index (χ1n) is 9.61. The van der Waals surface area contributed by atoms with Crippen LogP contribution in [0.5, 0.6) is 17.2 Å². The van der Waals surface area contributed by atoms with Crippen molar-refractivity contribution in [1.82, 2.24) is 4.90 Å². The number of benzene rings is 3. The van der Waals surface area contributed by atoms with E-state index in [0.717, 1.165) is 11.3 Å². The summed E-state index contributed by atoms with van der Waals surface area (Å²) >= 11 is 0. The molecule has 0 aliphatic carbocycles. The second-order valence-electron chi connectivity index (χ2n) is 6.75. The normalized spacial score (nSPS) is 10.3. The maximum atomic E-state index is 12.7. The number of hydrogen-bond acceptors (Lipinski definition) is 4. The van der Waals surface area contributed by atoms with Crippen LogP contribution in [0.3, 0.4) is 0 Å². The highest BCUT2D eigenvalue weighted by Gasteiger charge is 2.12. The molecule has 0 atom stereocenters. The molecule has 0 bridgehead atoms. The summed E-state index contributed by atoms with van der Waals surface area (Å²) in [6.07, 6.45) is 0. The van der Waals surface area contributed by atoms with Gasteiger partial charge < -0.3 is 20.1 Å². The largest absolute Gasteiger partial charge is 0.494 e. The summed E-state index contributed by atoms with van der Waals surface area (Å²) in [6, 6.07) is 21.2. The van der Waals surface area contributed by atoms with Crippen molar-refractivity contribution < 1.29 is 19.1 Å². The first-order valence-corrected chi connectivity index (χ1v) is 9.61. The molecule has 0 fully saturated rings. The third-order valence-electron chi connectivity index (χ3n) is 4.48. The minimum absolute atomic E-state index is 0.0822. The van der Waals surface area contributed by atoms with Crippen molar-refractivity contribution in [1.29, 1.82) is 0 Å². The van der Waals surface area contributed by atoms with Crippen molar-refractivity contribution in [3.8, 4) is 17.2 Å². The molecule has 3 aromatic rings. The lowest BCUT2D eigenvalue weighted by Gasteiger charge is -2.18. The zero-order chi connectivity index (χ0) is 21.5. The van der Waals surface area contributed by atoms with Crippen LogP contribution in [-0.2, 0) is 6.54 Å². The monoisotopic (exact) mass is 404 g/mol. The molecule has 0 saturated carbocycles. The van der Waals surface area contributed by atoms with Gasteiger partial charge in [-0.05, 0) is 73.2 Å². The molecule has 0 aliphatic heterocycles. The van der Waals surface area contributed by atoms with Gasteiger partial charge in [-0.1, -0.05) is 12.1 Å². The van der Waals surface area contributed by atoms with Crippen molar-refractivity contribution in [2.45, 2.75) is 13.5 Å². The number of carbonyl (C=O) groups excluding carboxylic acids is 2. The van der Waals surface area contributed by atoms with Crippen LogP contribution >= 0.6 is 0 Å². The zero-order valence-electron chi connectivity index (χ0n) is 17.0. The Morgan fingerprint density at radius 1 is 0.800 bits per heavy atom. The van der Waals surface area contributed by atoms with Crippen LogP contribution in [0.1, 0.15) is 33.2 Å². The number of carbonyl (C=O) groups is 2. The molecule has 0 unspecified atom stereocenters. The van der Waals surface area contributed by atoms with Crippen molar-refractivity contribution in [3.05, 3.63) is 89.5 Å². The Balaban J connectivity index is 1.60. The Morgan fingerprint density at radius 3 is 1.80 bits per heavy atom. The summed E-state index contributed by atoms with van der Waals surface area (Å²) < 4.78 is 11.2. The topological polar surface area (TPSA) is 81.9 Å². The average molecular weight is 404 g/mol. The molecule has 2 N–H and O–H groups in total. The van der Waals surface area contributed by atoms with E-state index < -0.39 is 5.91 Å².